The minimum Gasteiger partial charge on any atom is -0.453 e. The molecule has 2 rings (SSSR count). The number of carbonyl (C=O) groups is 1. The molecule has 0 saturated heterocycles. The van der Waals surface area contributed by atoms with E-state index in [1.807, 2.05) is 39.0 Å². The summed E-state index contributed by atoms with van der Waals surface area (Å²) >= 11 is 0. The number of carbonyl (C=O) groups excluding carboxylic acids is 1. The van der Waals surface area contributed by atoms with Crippen LogP contribution in [0.15, 0.2) is 34.7 Å². The monoisotopic (exact) mass is 232 g/mol. The fourth-order valence-electron chi connectivity index (χ4n) is 1.63. The molecule has 0 spiro atoms. The third-order valence-corrected chi connectivity index (χ3v) is 2.74. The lowest BCUT2D eigenvalue weighted by molar-refractivity contribution is 0.0418. The molecule has 1 heterocycles. The molecule has 0 saturated carbocycles. The second-order valence-electron chi connectivity index (χ2n) is 5.28. The maximum absolute atomic E-state index is 12.0. The average Bonchev–Trinajstić information content (AvgIpc) is 2.69. The van der Waals surface area contributed by atoms with E-state index >= 15 is 0 Å². The van der Waals surface area contributed by atoms with Crippen LogP contribution in [-0.4, -0.2) is 17.0 Å². The third kappa shape index (κ3) is 2.24. The molecule has 0 amide bonds. The van der Waals surface area contributed by atoms with Gasteiger partial charge in [0.05, 0.1) is 0 Å². The van der Waals surface area contributed by atoms with Gasteiger partial charge in [0.2, 0.25) is 5.78 Å². The molecule has 0 bridgehead atoms. The van der Waals surface area contributed by atoms with Crippen molar-refractivity contribution < 1.29 is 14.3 Å². The Morgan fingerprint density at radius 3 is 2.53 bits per heavy atom. The summed E-state index contributed by atoms with van der Waals surface area (Å²) in [7, 11) is 0. The molecule has 0 aliphatic heterocycles. The first-order valence-corrected chi connectivity index (χ1v) is 5.60. The Labute approximate surface area is 100 Å². The van der Waals surface area contributed by atoms with Crippen molar-refractivity contribution in [3.05, 3.63) is 36.1 Å². The number of para-hydroxylation sites is 1. The molecule has 0 aliphatic carbocycles. The first-order valence-electron chi connectivity index (χ1n) is 5.60. The quantitative estimate of drug-likeness (QED) is 0.810. The van der Waals surface area contributed by atoms with Crippen LogP contribution in [0.2, 0.25) is 0 Å². The molecule has 0 aliphatic rings. The molecular weight excluding hydrogens is 216 g/mol. The zero-order chi connectivity index (χ0) is 12.6. The van der Waals surface area contributed by atoms with Gasteiger partial charge in [0.15, 0.2) is 5.76 Å². The Balaban J connectivity index is 2.37. The highest BCUT2D eigenvalue weighted by Crippen LogP contribution is 2.25. The topological polar surface area (TPSA) is 50.4 Å². The normalized spacial score (nSPS) is 13.9. The Kier molecular flexibility index (Phi) is 2.79. The average molecular weight is 232 g/mol. The van der Waals surface area contributed by atoms with E-state index in [9.17, 15) is 9.90 Å². The second-order valence-corrected chi connectivity index (χ2v) is 5.28. The van der Waals surface area contributed by atoms with Gasteiger partial charge in [0, 0.05) is 5.39 Å². The van der Waals surface area contributed by atoms with E-state index in [2.05, 4.69) is 0 Å². The molecule has 0 radical (unpaired) electrons. The molecule has 0 fully saturated rings. The van der Waals surface area contributed by atoms with Crippen molar-refractivity contribution in [2.24, 2.45) is 5.41 Å². The maximum Gasteiger partial charge on any atom is 0.226 e. The van der Waals surface area contributed by atoms with E-state index in [-0.39, 0.29) is 11.5 Å². The molecule has 1 aromatic carbocycles. The smallest absolute Gasteiger partial charge is 0.226 e. The zero-order valence-electron chi connectivity index (χ0n) is 10.2. The minimum atomic E-state index is -1.05. The van der Waals surface area contributed by atoms with Crippen molar-refractivity contribution in [2.75, 3.05) is 0 Å². The predicted octanol–water partition coefficient (Wildman–Crippen LogP) is 3.02. The van der Waals surface area contributed by atoms with E-state index < -0.39 is 11.5 Å². The maximum atomic E-state index is 12.0. The Morgan fingerprint density at radius 1 is 1.29 bits per heavy atom. The number of Topliss-reactive ketones (excluding diaryl/α,β-unsaturated/α-hetero) is 1. The molecule has 17 heavy (non-hydrogen) atoms. The Hall–Kier alpha value is -1.61. The molecular formula is C14H16O3. The summed E-state index contributed by atoms with van der Waals surface area (Å²) in [5, 5.41) is 10.8. The van der Waals surface area contributed by atoms with Crippen LogP contribution in [0.5, 0.6) is 0 Å². The number of aliphatic hydroxyl groups is 1. The molecule has 2 aromatic rings. The minimum absolute atomic E-state index is 0.216. The molecule has 1 N–H and O–H groups in total. The highest BCUT2D eigenvalue weighted by atomic mass is 16.4. The molecule has 1 atom stereocenters. The Morgan fingerprint density at radius 2 is 1.94 bits per heavy atom. The first kappa shape index (κ1) is 11.9. The first-order chi connectivity index (χ1) is 7.89. The van der Waals surface area contributed by atoms with Gasteiger partial charge in [-0.2, -0.15) is 0 Å². The molecule has 3 heteroatoms. The summed E-state index contributed by atoms with van der Waals surface area (Å²) in [5.74, 6) is -0.151. The van der Waals surface area contributed by atoms with Gasteiger partial charge < -0.3 is 9.52 Å². The fraction of sp³-hybridized carbons (Fsp3) is 0.357. The van der Waals surface area contributed by atoms with Crippen LogP contribution < -0.4 is 0 Å². The van der Waals surface area contributed by atoms with Gasteiger partial charge >= 0.3 is 0 Å². The zero-order valence-corrected chi connectivity index (χ0v) is 10.2. The molecule has 1 unspecified atom stereocenters. The van der Waals surface area contributed by atoms with E-state index in [1.54, 1.807) is 12.1 Å². The largest absolute Gasteiger partial charge is 0.453 e. The van der Waals surface area contributed by atoms with Gasteiger partial charge in [0.1, 0.15) is 11.7 Å². The van der Waals surface area contributed by atoms with Crippen molar-refractivity contribution in [2.45, 2.75) is 26.9 Å². The SMILES string of the molecule is CC(C)(C)C(O)C(=O)c1cc2ccccc2o1. The highest BCUT2D eigenvalue weighted by molar-refractivity contribution is 6.00. The van der Waals surface area contributed by atoms with Gasteiger partial charge in [-0.3, -0.25) is 4.79 Å². The number of hydrogen-bond acceptors (Lipinski definition) is 3. The number of hydrogen-bond donors (Lipinski definition) is 1. The fourth-order valence-corrected chi connectivity index (χ4v) is 1.63. The third-order valence-electron chi connectivity index (χ3n) is 2.74. The predicted molar refractivity (Wildman–Crippen MR) is 66.0 cm³/mol. The van der Waals surface area contributed by atoms with Crippen LogP contribution in [0.4, 0.5) is 0 Å². The van der Waals surface area contributed by atoms with Gasteiger partial charge in [-0.05, 0) is 17.5 Å². The summed E-state index contributed by atoms with van der Waals surface area (Å²) < 4.78 is 5.44. The van der Waals surface area contributed by atoms with Crippen LogP contribution in [0.1, 0.15) is 31.3 Å². The van der Waals surface area contributed by atoms with Crippen molar-refractivity contribution in [1.82, 2.24) is 0 Å². The van der Waals surface area contributed by atoms with Crippen molar-refractivity contribution >= 4 is 16.8 Å². The van der Waals surface area contributed by atoms with Gasteiger partial charge in [-0.1, -0.05) is 39.0 Å². The summed E-state index contributed by atoms with van der Waals surface area (Å²) in [5.41, 5.74) is 0.174. The molecule has 3 nitrogen and oxygen atoms in total. The van der Waals surface area contributed by atoms with E-state index in [0.29, 0.717) is 5.58 Å². The lowest BCUT2D eigenvalue weighted by atomic mass is 9.86. The lowest BCUT2D eigenvalue weighted by Crippen LogP contribution is -2.33. The second kappa shape index (κ2) is 4.00. The molecule has 90 valence electrons. The number of ketones is 1. The van der Waals surface area contributed by atoms with Crippen molar-refractivity contribution in [3.8, 4) is 0 Å². The van der Waals surface area contributed by atoms with Crippen molar-refractivity contribution in [3.63, 3.8) is 0 Å². The van der Waals surface area contributed by atoms with Crippen LogP contribution in [0.3, 0.4) is 0 Å². The number of benzene rings is 1. The van der Waals surface area contributed by atoms with Gasteiger partial charge in [-0.25, -0.2) is 0 Å². The van der Waals surface area contributed by atoms with Crippen LogP contribution in [-0.2, 0) is 0 Å². The summed E-state index contributed by atoms with van der Waals surface area (Å²) in [6, 6.07) is 9.08. The van der Waals surface area contributed by atoms with Crippen LogP contribution in [0.25, 0.3) is 11.0 Å². The number of rotatable bonds is 2. The lowest BCUT2D eigenvalue weighted by Gasteiger charge is -2.23. The van der Waals surface area contributed by atoms with E-state index in [0.717, 1.165) is 5.39 Å². The number of fused-ring (bicyclic) bond motifs is 1. The number of aliphatic hydroxyl groups excluding tert-OH is 1. The van der Waals surface area contributed by atoms with Gasteiger partial charge in [0.25, 0.3) is 0 Å². The van der Waals surface area contributed by atoms with Crippen molar-refractivity contribution in [1.29, 1.82) is 0 Å². The van der Waals surface area contributed by atoms with E-state index in [1.165, 1.54) is 0 Å². The standard InChI is InChI=1S/C14H16O3/c1-14(2,3)13(16)12(15)11-8-9-6-4-5-7-10(9)17-11/h4-8,13,16H,1-3H3. The Bertz CT molecular complexity index is 513. The summed E-state index contributed by atoms with van der Waals surface area (Å²) in [6.07, 6.45) is -1.05. The number of furan rings is 1. The summed E-state index contributed by atoms with van der Waals surface area (Å²) in [6.45, 7) is 5.45. The van der Waals surface area contributed by atoms with E-state index in [4.69, 9.17) is 4.42 Å². The van der Waals surface area contributed by atoms with Crippen LogP contribution >= 0.6 is 0 Å². The van der Waals surface area contributed by atoms with Crippen LogP contribution in [0, 0.1) is 5.41 Å². The summed E-state index contributed by atoms with van der Waals surface area (Å²) in [4.78, 5) is 12.0. The van der Waals surface area contributed by atoms with Gasteiger partial charge in [-0.15, -0.1) is 0 Å². The molecule has 1 aromatic heterocycles. The highest BCUT2D eigenvalue weighted by Gasteiger charge is 2.31.